The third kappa shape index (κ3) is 4.83. The van der Waals surface area contributed by atoms with Crippen LogP contribution in [0, 0.1) is 0 Å². The zero-order valence-electron chi connectivity index (χ0n) is 13.0. The largest absolute Gasteiger partial charge is 0.462 e. The molecular weight excluding hydrogens is 266 g/mol. The van der Waals surface area contributed by atoms with Gasteiger partial charge in [-0.3, -0.25) is 4.79 Å². The second-order valence-electron chi connectivity index (χ2n) is 5.54. The van der Waals surface area contributed by atoms with E-state index in [4.69, 9.17) is 9.47 Å². The molecule has 0 spiro atoms. The number of esters is 1. The first-order valence-electron chi connectivity index (χ1n) is 7.71. The fourth-order valence-electron chi connectivity index (χ4n) is 2.78. The van der Waals surface area contributed by atoms with E-state index in [0.717, 1.165) is 19.5 Å². The van der Waals surface area contributed by atoms with E-state index in [-0.39, 0.29) is 18.0 Å². The van der Waals surface area contributed by atoms with Gasteiger partial charge in [-0.25, -0.2) is 0 Å². The minimum atomic E-state index is -0.154. The molecule has 2 rings (SSSR count). The number of likely N-dealkylation sites (tertiary alicyclic amines) is 1. The molecule has 1 aromatic rings. The van der Waals surface area contributed by atoms with Crippen molar-refractivity contribution in [1.82, 2.24) is 4.90 Å². The molecule has 4 nitrogen and oxygen atoms in total. The van der Waals surface area contributed by atoms with Crippen LogP contribution in [0.5, 0.6) is 0 Å². The highest BCUT2D eigenvalue weighted by Gasteiger charge is 2.31. The lowest BCUT2D eigenvalue weighted by Crippen LogP contribution is -2.41. The van der Waals surface area contributed by atoms with Crippen molar-refractivity contribution < 1.29 is 14.3 Å². The van der Waals surface area contributed by atoms with Gasteiger partial charge in [-0.05, 0) is 26.0 Å². The molecule has 0 aromatic heterocycles. The molecule has 1 fully saturated rings. The fourth-order valence-corrected chi connectivity index (χ4v) is 2.78. The lowest BCUT2D eigenvalue weighted by atomic mass is 9.88. The van der Waals surface area contributed by atoms with Crippen LogP contribution in [0.3, 0.4) is 0 Å². The third-order valence-electron chi connectivity index (χ3n) is 3.92. The van der Waals surface area contributed by atoms with Crippen LogP contribution < -0.4 is 0 Å². The number of benzene rings is 1. The molecule has 0 radical (unpaired) electrons. The van der Waals surface area contributed by atoms with Crippen LogP contribution in [0.4, 0.5) is 0 Å². The van der Waals surface area contributed by atoms with Gasteiger partial charge in [-0.1, -0.05) is 30.3 Å². The topological polar surface area (TPSA) is 38.8 Å². The summed E-state index contributed by atoms with van der Waals surface area (Å²) in [6.07, 6.45) is 1.19. The predicted molar refractivity (Wildman–Crippen MR) is 82.3 cm³/mol. The summed E-state index contributed by atoms with van der Waals surface area (Å²) in [7, 11) is 2.11. The molecule has 0 amide bonds. The van der Waals surface area contributed by atoms with Crippen molar-refractivity contribution >= 4 is 5.97 Å². The van der Waals surface area contributed by atoms with Gasteiger partial charge >= 0.3 is 5.97 Å². The van der Waals surface area contributed by atoms with Gasteiger partial charge in [0.2, 0.25) is 0 Å². The number of hydrogen-bond acceptors (Lipinski definition) is 4. The van der Waals surface area contributed by atoms with E-state index in [9.17, 15) is 4.79 Å². The highest BCUT2D eigenvalue weighted by molar-refractivity contribution is 5.69. The third-order valence-corrected chi connectivity index (χ3v) is 3.92. The summed E-state index contributed by atoms with van der Waals surface area (Å²) < 4.78 is 10.9. The predicted octanol–water partition coefficient (Wildman–Crippen LogP) is 2.44. The lowest BCUT2D eigenvalue weighted by Gasteiger charge is -2.36. The molecular formula is C17H25NO3. The van der Waals surface area contributed by atoms with Crippen LogP contribution in [-0.4, -0.2) is 50.3 Å². The number of rotatable bonds is 6. The fraction of sp³-hybridized carbons (Fsp3) is 0.588. The molecule has 4 heteroatoms. The molecule has 2 atom stereocenters. The van der Waals surface area contributed by atoms with Crippen LogP contribution in [-0.2, 0) is 14.3 Å². The number of carbonyl (C=O) groups is 1. The Kier molecular flexibility index (Phi) is 6.21. The summed E-state index contributed by atoms with van der Waals surface area (Å²) in [6, 6.07) is 10.3. The maximum absolute atomic E-state index is 11.9. The number of ether oxygens (including phenoxy) is 2. The van der Waals surface area contributed by atoms with E-state index in [1.165, 1.54) is 5.56 Å². The summed E-state index contributed by atoms with van der Waals surface area (Å²) in [4.78, 5) is 14.2. The van der Waals surface area contributed by atoms with Crippen molar-refractivity contribution in [3.05, 3.63) is 35.9 Å². The summed E-state index contributed by atoms with van der Waals surface area (Å²) >= 11 is 0. The monoisotopic (exact) mass is 291 g/mol. The maximum atomic E-state index is 11.9. The summed E-state index contributed by atoms with van der Waals surface area (Å²) in [5.41, 5.74) is 1.24. The van der Waals surface area contributed by atoms with Crippen LogP contribution >= 0.6 is 0 Å². The Bertz CT molecular complexity index is 435. The first-order valence-corrected chi connectivity index (χ1v) is 7.71. The molecule has 0 N–H and O–H groups in total. The quantitative estimate of drug-likeness (QED) is 0.596. The zero-order chi connectivity index (χ0) is 15.1. The maximum Gasteiger partial charge on any atom is 0.308 e. The van der Waals surface area contributed by atoms with Crippen molar-refractivity contribution in [3.8, 4) is 0 Å². The van der Waals surface area contributed by atoms with Gasteiger partial charge in [0, 0.05) is 25.6 Å². The van der Waals surface area contributed by atoms with E-state index in [0.29, 0.717) is 19.6 Å². The molecule has 116 valence electrons. The average Bonchev–Trinajstić information content (AvgIpc) is 2.50. The molecule has 0 saturated carbocycles. The first kappa shape index (κ1) is 16.0. The lowest BCUT2D eigenvalue weighted by molar-refractivity contribution is -0.153. The highest BCUT2D eigenvalue weighted by Crippen LogP contribution is 2.29. The number of carbonyl (C=O) groups excluding carboxylic acids is 1. The summed E-state index contributed by atoms with van der Waals surface area (Å²) in [6.45, 7) is 4.89. The zero-order valence-corrected chi connectivity index (χ0v) is 13.0. The second-order valence-corrected chi connectivity index (χ2v) is 5.54. The van der Waals surface area contributed by atoms with Crippen LogP contribution in [0.1, 0.15) is 31.2 Å². The number of likely N-dealkylation sites (N-methyl/N-ethyl adjacent to an activating group) is 1. The van der Waals surface area contributed by atoms with Crippen molar-refractivity contribution in [2.75, 3.05) is 33.4 Å². The summed E-state index contributed by atoms with van der Waals surface area (Å²) in [5.74, 6) is 0.0972. The number of piperidine rings is 1. The van der Waals surface area contributed by atoms with Gasteiger partial charge in [0.25, 0.3) is 0 Å². The standard InChI is InChI=1S/C17H25NO3/c1-3-20-12-10-17(19)21-16-9-11-18(2)13-15(16)14-7-5-4-6-8-14/h4-8,15-16H,3,9-13H2,1-2H3. The van der Waals surface area contributed by atoms with Crippen molar-refractivity contribution in [2.24, 2.45) is 0 Å². The highest BCUT2D eigenvalue weighted by atomic mass is 16.5. The Balaban J connectivity index is 1.97. The second kappa shape index (κ2) is 8.15. The van der Waals surface area contributed by atoms with Crippen LogP contribution in [0.2, 0.25) is 0 Å². The molecule has 0 bridgehead atoms. The Morgan fingerprint density at radius 3 is 2.81 bits per heavy atom. The first-order chi connectivity index (χ1) is 10.2. The minimum Gasteiger partial charge on any atom is -0.462 e. The summed E-state index contributed by atoms with van der Waals surface area (Å²) in [5, 5.41) is 0. The SMILES string of the molecule is CCOCCC(=O)OC1CCN(C)CC1c1ccccc1. The van der Waals surface area contributed by atoms with Crippen molar-refractivity contribution in [1.29, 1.82) is 0 Å². The Hall–Kier alpha value is -1.39. The number of nitrogens with zero attached hydrogens (tertiary/aromatic N) is 1. The van der Waals surface area contributed by atoms with Gasteiger partial charge < -0.3 is 14.4 Å². The van der Waals surface area contributed by atoms with Gasteiger partial charge in [0.05, 0.1) is 13.0 Å². The van der Waals surface area contributed by atoms with E-state index in [2.05, 4.69) is 24.1 Å². The molecule has 1 aromatic carbocycles. The minimum absolute atomic E-state index is 0.0299. The molecule has 1 aliphatic heterocycles. The van der Waals surface area contributed by atoms with Crippen molar-refractivity contribution in [3.63, 3.8) is 0 Å². The normalized spacial score (nSPS) is 23.0. The Morgan fingerprint density at radius 2 is 2.10 bits per heavy atom. The molecule has 1 saturated heterocycles. The van der Waals surface area contributed by atoms with Crippen molar-refractivity contribution in [2.45, 2.75) is 31.8 Å². The smallest absolute Gasteiger partial charge is 0.308 e. The molecule has 1 aliphatic rings. The molecule has 2 unspecified atom stereocenters. The van der Waals surface area contributed by atoms with E-state index < -0.39 is 0 Å². The molecule has 21 heavy (non-hydrogen) atoms. The Labute approximate surface area is 127 Å². The number of hydrogen-bond donors (Lipinski definition) is 0. The van der Waals surface area contributed by atoms with Gasteiger partial charge in [-0.15, -0.1) is 0 Å². The van der Waals surface area contributed by atoms with E-state index >= 15 is 0 Å². The average molecular weight is 291 g/mol. The van der Waals surface area contributed by atoms with Crippen LogP contribution in [0.25, 0.3) is 0 Å². The van der Waals surface area contributed by atoms with E-state index in [1.807, 2.05) is 25.1 Å². The van der Waals surface area contributed by atoms with Gasteiger partial charge in [0.15, 0.2) is 0 Å². The Morgan fingerprint density at radius 1 is 1.33 bits per heavy atom. The van der Waals surface area contributed by atoms with Crippen LogP contribution in [0.15, 0.2) is 30.3 Å². The van der Waals surface area contributed by atoms with Gasteiger partial charge in [-0.2, -0.15) is 0 Å². The molecule has 0 aliphatic carbocycles. The molecule has 1 heterocycles. The van der Waals surface area contributed by atoms with Gasteiger partial charge in [0.1, 0.15) is 6.10 Å². The van der Waals surface area contributed by atoms with E-state index in [1.54, 1.807) is 0 Å².